The van der Waals surface area contributed by atoms with E-state index in [9.17, 15) is 13.2 Å². The number of benzene rings is 2. The summed E-state index contributed by atoms with van der Waals surface area (Å²) >= 11 is 0. The van der Waals surface area contributed by atoms with Crippen molar-refractivity contribution in [3.8, 4) is 0 Å². The number of rotatable bonds is 12. The first kappa shape index (κ1) is 36.3. The van der Waals surface area contributed by atoms with E-state index in [2.05, 4.69) is 24.8 Å². The van der Waals surface area contributed by atoms with Gasteiger partial charge in [0.1, 0.15) is 12.1 Å². The number of likely N-dealkylation sites (tertiary alicyclic amines) is 1. The molecule has 0 amide bonds. The van der Waals surface area contributed by atoms with Gasteiger partial charge in [0.25, 0.3) is 0 Å². The number of ether oxygens (including phenoxy) is 1. The Balaban J connectivity index is 1.95. The molecular formula is C40H50F4N2O. The molecule has 0 aromatic heterocycles. The van der Waals surface area contributed by atoms with Crippen LogP contribution in [0.15, 0.2) is 90.2 Å². The van der Waals surface area contributed by atoms with Gasteiger partial charge in [-0.05, 0) is 103 Å². The molecule has 2 aromatic carbocycles. The Morgan fingerprint density at radius 3 is 2.32 bits per heavy atom. The molecule has 2 aliphatic rings. The van der Waals surface area contributed by atoms with E-state index in [1.807, 2.05) is 56.2 Å². The van der Waals surface area contributed by atoms with Gasteiger partial charge in [0.2, 0.25) is 0 Å². The Morgan fingerprint density at radius 2 is 1.72 bits per heavy atom. The molecule has 0 N–H and O–H groups in total. The second-order valence-electron chi connectivity index (χ2n) is 12.6. The van der Waals surface area contributed by atoms with Crippen LogP contribution in [-0.4, -0.2) is 44.0 Å². The van der Waals surface area contributed by atoms with Gasteiger partial charge in [-0.3, -0.25) is 0 Å². The lowest BCUT2D eigenvalue weighted by atomic mass is 9.86. The topological polar surface area (TPSA) is 15.7 Å². The first-order chi connectivity index (χ1) is 22.6. The zero-order valence-electron chi connectivity index (χ0n) is 28.5. The fraction of sp³-hybridized carbons (Fsp3) is 0.450. The average molecular weight is 651 g/mol. The van der Waals surface area contributed by atoms with Crippen LogP contribution in [0.25, 0.3) is 17.0 Å². The number of halogens is 4. The largest absolute Gasteiger partial charge is 0.393 e. The quantitative estimate of drug-likeness (QED) is 0.129. The highest BCUT2D eigenvalue weighted by atomic mass is 19.4. The van der Waals surface area contributed by atoms with Crippen molar-refractivity contribution in [3.63, 3.8) is 0 Å². The van der Waals surface area contributed by atoms with Crippen molar-refractivity contribution < 1.29 is 22.3 Å². The van der Waals surface area contributed by atoms with Crippen molar-refractivity contribution in [1.82, 2.24) is 4.90 Å². The van der Waals surface area contributed by atoms with Crippen LogP contribution in [0.4, 0.5) is 23.2 Å². The summed E-state index contributed by atoms with van der Waals surface area (Å²) in [7, 11) is 1.89. The van der Waals surface area contributed by atoms with Crippen LogP contribution < -0.4 is 4.90 Å². The first-order valence-electron chi connectivity index (χ1n) is 17.1. The fourth-order valence-electron chi connectivity index (χ4n) is 6.53. The normalized spacial score (nSPS) is 20.6. The van der Waals surface area contributed by atoms with Crippen molar-refractivity contribution in [2.75, 3.05) is 31.6 Å². The molecule has 4 rings (SSSR count). The minimum Gasteiger partial charge on any atom is -0.372 e. The van der Waals surface area contributed by atoms with E-state index in [1.54, 1.807) is 36.4 Å². The Labute approximate surface area is 279 Å². The van der Waals surface area contributed by atoms with Gasteiger partial charge in [-0.15, -0.1) is 0 Å². The predicted molar refractivity (Wildman–Crippen MR) is 188 cm³/mol. The Hall–Kier alpha value is -3.58. The lowest BCUT2D eigenvalue weighted by Gasteiger charge is -2.34. The highest BCUT2D eigenvalue weighted by Crippen LogP contribution is 2.42. The highest BCUT2D eigenvalue weighted by Gasteiger charge is 2.32. The molecule has 2 atom stereocenters. The maximum absolute atomic E-state index is 15.9. The number of hydrogen-bond acceptors (Lipinski definition) is 3. The highest BCUT2D eigenvalue weighted by molar-refractivity contribution is 6.00. The van der Waals surface area contributed by atoms with E-state index < -0.39 is 18.4 Å². The average Bonchev–Trinajstić information content (AvgIpc) is 3.51. The van der Waals surface area contributed by atoms with E-state index in [0.717, 1.165) is 50.9 Å². The molecule has 0 saturated carbocycles. The molecule has 2 saturated heterocycles. The molecule has 0 bridgehead atoms. The SMILES string of the molecule is C/C=C(\C=C/C(=C/CC)N1CCC(C)C1)C(=C(/CC(F)(F)F)c1ccccc1)/c1ccc(N(C)C2CCCCO2)c(/C(F)=C/CC)c1. The number of anilines is 1. The van der Waals surface area contributed by atoms with Gasteiger partial charge in [0.05, 0.1) is 6.42 Å². The third kappa shape index (κ3) is 9.72. The Bertz CT molecular complexity index is 1480. The molecule has 2 heterocycles. The maximum Gasteiger partial charge on any atom is 0.393 e. The minimum absolute atomic E-state index is 0.147. The van der Waals surface area contributed by atoms with E-state index in [4.69, 9.17) is 4.74 Å². The van der Waals surface area contributed by atoms with Crippen molar-refractivity contribution >= 4 is 22.7 Å². The molecule has 2 aromatic rings. The standard InChI is InChI=1S/C40H50F4N2O/c1-6-14-33(46-24-23-29(4)28-46)21-19-30(8-3)39(35(27-40(42,43)44)31-16-10-9-11-17-31)32-20-22-37(34(26-32)36(41)15-7-2)45(5)38-18-12-13-25-47-38/h8-11,14-17,19-22,26,29,38H,6-7,12-13,18,23-25,27-28H2,1-5H3/b21-19-,30-8+,33-14-,36-15-,39-35+. The van der Waals surface area contributed by atoms with Crippen molar-refractivity contribution in [3.05, 3.63) is 107 Å². The monoisotopic (exact) mass is 650 g/mol. The van der Waals surface area contributed by atoms with E-state index in [-0.39, 0.29) is 11.8 Å². The third-order valence-corrected chi connectivity index (χ3v) is 8.93. The minimum atomic E-state index is -4.47. The van der Waals surface area contributed by atoms with E-state index in [1.165, 1.54) is 6.08 Å². The molecule has 254 valence electrons. The van der Waals surface area contributed by atoms with Crippen LogP contribution in [0.2, 0.25) is 0 Å². The Morgan fingerprint density at radius 1 is 0.979 bits per heavy atom. The Kier molecular flexibility index (Phi) is 13.1. The second-order valence-corrected chi connectivity index (χ2v) is 12.6. The van der Waals surface area contributed by atoms with Crippen LogP contribution in [0.5, 0.6) is 0 Å². The molecule has 2 unspecified atom stereocenters. The molecule has 47 heavy (non-hydrogen) atoms. The number of allylic oxidation sites excluding steroid dienone is 8. The summed E-state index contributed by atoms with van der Waals surface area (Å²) in [5, 5.41) is 0. The van der Waals surface area contributed by atoms with Crippen LogP contribution in [0.1, 0.15) is 89.3 Å². The summed E-state index contributed by atoms with van der Waals surface area (Å²) in [4.78, 5) is 4.30. The van der Waals surface area contributed by atoms with Gasteiger partial charge in [-0.2, -0.15) is 13.2 Å². The van der Waals surface area contributed by atoms with Gasteiger partial charge < -0.3 is 14.5 Å². The van der Waals surface area contributed by atoms with Gasteiger partial charge in [0.15, 0.2) is 0 Å². The van der Waals surface area contributed by atoms with Crippen LogP contribution in [0, 0.1) is 5.92 Å². The smallest absolute Gasteiger partial charge is 0.372 e. The second kappa shape index (κ2) is 17.0. The van der Waals surface area contributed by atoms with Crippen LogP contribution in [0.3, 0.4) is 0 Å². The fourth-order valence-corrected chi connectivity index (χ4v) is 6.53. The lowest BCUT2D eigenvalue weighted by molar-refractivity contribution is -0.122. The summed E-state index contributed by atoms with van der Waals surface area (Å²) in [6, 6.07) is 14.1. The first-order valence-corrected chi connectivity index (χ1v) is 17.1. The van der Waals surface area contributed by atoms with E-state index in [0.29, 0.717) is 52.5 Å². The van der Waals surface area contributed by atoms with Gasteiger partial charge in [0, 0.05) is 43.7 Å². The lowest BCUT2D eigenvalue weighted by Crippen LogP contribution is -2.37. The maximum atomic E-state index is 15.9. The van der Waals surface area contributed by atoms with Crippen LogP contribution >= 0.6 is 0 Å². The van der Waals surface area contributed by atoms with Crippen LogP contribution in [-0.2, 0) is 4.74 Å². The molecule has 2 fully saturated rings. The van der Waals surface area contributed by atoms with Gasteiger partial charge in [-0.25, -0.2) is 4.39 Å². The molecule has 0 aliphatic carbocycles. The third-order valence-electron chi connectivity index (χ3n) is 8.93. The predicted octanol–water partition coefficient (Wildman–Crippen LogP) is 11.4. The molecular weight excluding hydrogens is 600 g/mol. The molecule has 3 nitrogen and oxygen atoms in total. The van der Waals surface area contributed by atoms with Crippen molar-refractivity contribution in [2.45, 2.75) is 85.0 Å². The number of alkyl halides is 3. The zero-order valence-corrected chi connectivity index (χ0v) is 28.5. The molecule has 0 radical (unpaired) electrons. The summed E-state index contributed by atoms with van der Waals surface area (Å²) in [5.41, 5.74) is 4.29. The molecule has 7 heteroatoms. The number of hydrogen-bond donors (Lipinski definition) is 0. The molecule has 2 aliphatic heterocycles. The summed E-state index contributed by atoms with van der Waals surface area (Å²) in [5.74, 6) is 0.175. The van der Waals surface area contributed by atoms with Crippen molar-refractivity contribution in [2.24, 2.45) is 5.92 Å². The van der Waals surface area contributed by atoms with Gasteiger partial charge in [-0.1, -0.05) is 75.4 Å². The van der Waals surface area contributed by atoms with E-state index >= 15 is 4.39 Å². The molecule has 0 spiro atoms. The number of nitrogens with zero attached hydrogens (tertiary/aromatic N) is 2. The van der Waals surface area contributed by atoms with Crippen molar-refractivity contribution in [1.29, 1.82) is 0 Å². The zero-order chi connectivity index (χ0) is 34.0. The summed E-state index contributed by atoms with van der Waals surface area (Å²) in [6.45, 7) is 10.6. The van der Waals surface area contributed by atoms with Gasteiger partial charge >= 0.3 is 6.18 Å². The summed E-state index contributed by atoms with van der Waals surface area (Å²) in [6.07, 6.45) is 8.95. The summed E-state index contributed by atoms with van der Waals surface area (Å²) < 4.78 is 65.2.